The highest BCUT2D eigenvalue weighted by atomic mass is 32.2. The minimum absolute atomic E-state index is 0.0156. The Morgan fingerprint density at radius 3 is 2.16 bits per heavy atom. The van der Waals surface area contributed by atoms with E-state index in [1.54, 1.807) is 0 Å². The number of nitrogen functional groups attached to an aromatic ring is 1. The van der Waals surface area contributed by atoms with Gasteiger partial charge in [-0.1, -0.05) is 0 Å². The summed E-state index contributed by atoms with van der Waals surface area (Å²) < 4.78 is 52.8. The summed E-state index contributed by atoms with van der Waals surface area (Å²) in [4.78, 5) is 6.05. The second kappa shape index (κ2) is 4.76. The van der Waals surface area contributed by atoms with Crippen molar-refractivity contribution in [1.82, 2.24) is 9.97 Å². The van der Waals surface area contributed by atoms with Crippen molar-refractivity contribution in [3.05, 3.63) is 42.5 Å². The zero-order valence-corrected chi connectivity index (χ0v) is 10.2. The Hall–Kier alpha value is -2.29. The zero-order chi connectivity index (χ0) is 14.0. The van der Waals surface area contributed by atoms with E-state index >= 15 is 0 Å². The van der Waals surface area contributed by atoms with Crippen LogP contribution in [0.2, 0.25) is 0 Å². The molecule has 0 saturated heterocycles. The third-order valence-corrected chi connectivity index (χ3v) is 3.53. The molecule has 1 aromatic heterocycles. The van der Waals surface area contributed by atoms with Gasteiger partial charge in [-0.05, 0) is 12.1 Å². The molecule has 2 aromatic rings. The molecule has 0 aliphatic heterocycles. The summed E-state index contributed by atoms with van der Waals surface area (Å²) in [5, 5.41) is 0. The van der Waals surface area contributed by atoms with Gasteiger partial charge in [-0.25, -0.2) is 27.2 Å². The van der Waals surface area contributed by atoms with Crippen molar-refractivity contribution < 1.29 is 17.2 Å². The topological polar surface area (TPSA) is 98.0 Å². The van der Waals surface area contributed by atoms with E-state index in [0.717, 1.165) is 24.5 Å². The standard InChI is InChI=1S/C10H8F2N4O2S/c11-8-1-6(13)2-9(12)10(8)19(17,18)16-7-3-14-5-15-4-7/h1-5,16H,13H2. The first kappa shape index (κ1) is 13.1. The van der Waals surface area contributed by atoms with Crippen LogP contribution in [-0.2, 0) is 10.0 Å². The summed E-state index contributed by atoms with van der Waals surface area (Å²) in [6.07, 6.45) is 3.48. The van der Waals surface area contributed by atoms with Crippen molar-refractivity contribution in [2.24, 2.45) is 0 Å². The first-order valence-electron chi connectivity index (χ1n) is 4.92. The number of anilines is 2. The fraction of sp³-hybridized carbons (Fsp3) is 0. The van der Waals surface area contributed by atoms with Crippen LogP contribution >= 0.6 is 0 Å². The second-order valence-electron chi connectivity index (χ2n) is 3.55. The third kappa shape index (κ3) is 2.76. The van der Waals surface area contributed by atoms with Gasteiger partial charge in [0.25, 0.3) is 10.0 Å². The molecule has 6 nitrogen and oxygen atoms in total. The number of sulfonamides is 1. The lowest BCUT2D eigenvalue weighted by atomic mass is 10.3. The van der Waals surface area contributed by atoms with E-state index in [1.165, 1.54) is 6.33 Å². The lowest BCUT2D eigenvalue weighted by Crippen LogP contribution is -2.17. The SMILES string of the molecule is Nc1cc(F)c(S(=O)(=O)Nc2cncnc2)c(F)c1. The molecular weight excluding hydrogens is 278 g/mol. The highest BCUT2D eigenvalue weighted by Gasteiger charge is 2.24. The fourth-order valence-electron chi connectivity index (χ4n) is 1.39. The van der Waals surface area contributed by atoms with Crippen LogP contribution in [0, 0.1) is 11.6 Å². The van der Waals surface area contributed by atoms with Crippen molar-refractivity contribution >= 4 is 21.4 Å². The highest BCUT2D eigenvalue weighted by Crippen LogP contribution is 2.23. The molecule has 0 radical (unpaired) electrons. The van der Waals surface area contributed by atoms with Gasteiger partial charge in [0.15, 0.2) is 4.90 Å². The van der Waals surface area contributed by atoms with E-state index in [-0.39, 0.29) is 11.4 Å². The number of hydrogen-bond donors (Lipinski definition) is 2. The van der Waals surface area contributed by atoms with Gasteiger partial charge in [0.05, 0.1) is 18.1 Å². The summed E-state index contributed by atoms with van der Waals surface area (Å²) >= 11 is 0. The van der Waals surface area contributed by atoms with E-state index in [1.807, 2.05) is 4.72 Å². The fourth-order valence-corrected chi connectivity index (χ4v) is 2.54. The lowest BCUT2D eigenvalue weighted by Gasteiger charge is -2.09. The van der Waals surface area contributed by atoms with Crippen LogP contribution in [0.4, 0.5) is 20.2 Å². The molecule has 1 aromatic carbocycles. The first-order valence-corrected chi connectivity index (χ1v) is 6.41. The maximum absolute atomic E-state index is 13.5. The number of hydrogen-bond acceptors (Lipinski definition) is 5. The van der Waals surface area contributed by atoms with Crippen molar-refractivity contribution in [1.29, 1.82) is 0 Å². The predicted molar refractivity (Wildman–Crippen MR) is 63.6 cm³/mol. The number of rotatable bonds is 3. The number of nitrogens with zero attached hydrogens (tertiary/aromatic N) is 2. The van der Waals surface area contributed by atoms with Crippen LogP contribution in [0.3, 0.4) is 0 Å². The summed E-state index contributed by atoms with van der Waals surface area (Å²) in [5.74, 6) is -2.55. The molecule has 0 fully saturated rings. The molecule has 0 spiro atoms. The molecule has 19 heavy (non-hydrogen) atoms. The quantitative estimate of drug-likeness (QED) is 0.824. The lowest BCUT2D eigenvalue weighted by molar-refractivity contribution is 0.522. The number of nitrogens with two attached hydrogens (primary N) is 1. The summed E-state index contributed by atoms with van der Waals surface area (Å²) in [6.45, 7) is 0. The molecule has 100 valence electrons. The Morgan fingerprint density at radius 2 is 1.63 bits per heavy atom. The Kier molecular flexibility index (Phi) is 3.30. The molecule has 0 bridgehead atoms. The maximum atomic E-state index is 13.5. The predicted octanol–water partition coefficient (Wildman–Crippen LogP) is 1.14. The van der Waals surface area contributed by atoms with Crippen molar-refractivity contribution in [3.8, 4) is 0 Å². The Labute approximate surface area is 107 Å². The number of nitrogens with one attached hydrogen (secondary N) is 1. The number of benzene rings is 1. The van der Waals surface area contributed by atoms with Gasteiger partial charge in [-0.3, -0.25) is 4.72 Å². The van der Waals surface area contributed by atoms with E-state index in [0.29, 0.717) is 0 Å². The minimum Gasteiger partial charge on any atom is -0.399 e. The molecule has 0 unspecified atom stereocenters. The molecule has 0 aliphatic rings. The molecule has 1 heterocycles. The Balaban J connectivity index is 2.46. The van der Waals surface area contributed by atoms with Gasteiger partial charge in [0.2, 0.25) is 0 Å². The van der Waals surface area contributed by atoms with Crippen LogP contribution in [0.25, 0.3) is 0 Å². The minimum atomic E-state index is -4.43. The van der Waals surface area contributed by atoms with E-state index in [4.69, 9.17) is 5.73 Å². The average Bonchev–Trinajstić information content (AvgIpc) is 2.27. The average molecular weight is 286 g/mol. The van der Waals surface area contributed by atoms with Gasteiger partial charge in [0.1, 0.15) is 18.0 Å². The summed E-state index contributed by atoms with van der Waals surface area (Å²) in [7, 11) is -4.43. The molecule has 9 heteroatoms. The van der Waals surface area contributed by atoms with Gasteiger partial charge < -0.3 is 5.73 Å². The monoisotopic (exact) mass is 286 g/mol. The van der Waals surface area contributed by atoms with Crippen LogP contribution in [0.15, 0.2) is 35.7 Å². The highest BCUT2D eigenvalue weighted by molar-refractivity contribution is 7.92. The first-order chi connectivity index (χ1) is 8.90. The Bertz CT molecular complexity index is 684. The van der Waals surface area contributed by atoms with Crippen molar-refractivity contribution in [2.45, 2.75) is 4.90 Å². The van der Waals surface area contributed by atoms with Crippen LogP contribution in [-0.4, -0.2) is 18.4 Å². The van der Waals surface area contributed by atoms with E-state index < -0.39 is 26.6 Å². The number of aromatic nitrogens is 2. The van der Waals surface area contributed by atoms with Crippen LogP contribution in [0.1, 0.15) is 0 Å². The van der Waals surface area contributed by atoms with Gasteiger partial charge in [-0.2, -0.15) is 0 Å². The largest absolute Gasteiger partial charge is 0.399 e. The molecular formula is C10H8F2N4O2S. The van der Waals surface area contributed by atoms with E-state index in [2.05, 4.69) is 9.97 Å². The second-order valence-corrected chi connectivity index (χ2v) is 5.17. The van der Waals surface area contributed by atoms with Gasteiger partial charge in [0, 0.05) is 5.69 Å². The zero-order valence-electron chi connectivity index (χ0n) is 9.34. The molecule has 0 saturated carbocycles. The van der Waals surface area contributed by atoms with Crippen molar-refractivity contribution in [2.75, 3.05) is 10.5 Å². The van der Waals surface area contributed by atoms with Gasteiger partial charge in [-0.15, -0.1) is 0 Å². The van der Waals surface area contributed by atoms with Crippen LogP contribution in [0.5, 0.6) is 0 Å². The molecule has 2 rings (SSSR count). The maximum Gasteiger partial charge on any atom is 0.267 e. The van der Waals surface area contributed by atoms with E-state index in [9.17, 15) is 17.2 Å². The van der Waals surface area contributed by atoms with Gasteiger partial charge >= 0.3 is 0 Å². The number of halogens is 2. The molecule has 0 atom stereocenters. The summed E-state index contributed by atoms with van der Waals surface area (Å²) in [6, 6.07) is 1.44. The Morgan fingerprint density at radius 1 is 1.11 bits per heavy atom. The smallest absolute Gasteiger partial charge is 0.267 e. The van der Waals surface area contributed by atoms with Crippen molar-refractivity contribution in [3.63, 3.8) is 0 Å². The normalized spacial score (nSPS) is 11.3. The van der Waals surface area contributed by atoms with Crippen LogP contribution < -0.4 is 10.5 Å². The third-order valence-electron chi connectivity index (χ3n) is 2.10. The molecule has 3 N–H and O–H groups in total. The summed E-state index contributed by atoms with van der Waals surface area (Å²) in [5.41, 5.74) is 4.98. The molecule has 0 amide bonds. The molecule has 0 aliphatic carbocycles.